The van der Waals surface area contributed by atoms with Gasteiger partial charge in [0.2, 0.25) is 0 Å². The van der Waals surface area contributed by atoms with Gasteiger partial charge in [0.05, 0.1) is 0 Å². The van der Waals surface area contributed by atoms with Crippen molar-refractivity contribution in [3.63, 3.8) is 0 Å². The Morgan fingerprint density at radius 3 is 2.21 bits per heavy atom. The number of aliphatic imine (C=N–C) groups is 1. The van der Waals surface area contributed by atoms with Gasteiger partial charge in [-0.3, -0.25) is 4.79 Å². The van der Waals surface area contributed by atoms with Crippen molar-refractivity contribution in [2.45, 2.75) is 10.5 Å². The number of alkyl halides is 3. The number of carbonyl (C=O) groups excluding carboxylic acids is 1. The highest BCUT2D eigenvalue weighted by atomic mass is 32.2. The molecule has 1 rings (SSSR count). The van der Waals surface area contributed by atoms with Crippen LogP contribution in [0.5, 0.6) is 0 Å². The summed E-state index contributed by atoms with van der Waals surface area (Å²) in [6, 6.07) is 0. The van der Waals surface area contributed by atoms with E-state index in [2.05, 4.69) is 15.0 Å². The van der Waals surface area contributed by atoms with Crippen molar-refractivity contribution in [3.8, 4) is 0 Å². The number of nitrogens with two attached hydrogens (primary N) is 4. The fraction of sp³-hybridized carbons (Fsp3) is 0.143. The summed E-state index contributed by atoms with van der Waals surface area (Å²) in [4.78, 5) is 21.3. The zero-order valence-electron chi connectivity index (χ0n) is 9.10. The Labute approximate surface area is 108 Å². The minimum Gasteiger partial charge on any atom is -0.382 e. The van der Waals surface area contributed by atoms with Gasteiger partial charge in [0.1, 0.15) is 5.03 Å². The maximum Gasteiger partial charge on any atom is 0.447 e. The van der Waals surface area contributed by atoms with E-state index in [4.69, 9.17) is 22.9 Å². The standard InChI is InChI=1S/C7H8F3N7OS/c8-7(9,10)19-5-3(12)16-2(11)1(15-5)4(18)17-6(13)14/h(H4,11,12,16)(H4,13,14,17,18). The summed E-state index contributed by atoms with van der Waals surface area (Å²) in [7, 11) is 0. The van der Waals surface area contributed by atoms with Crippen LogP contribution in [0.1, 0.15) is 10.5 Å². The molecule has 104 valence electrons. The van der Waals surface area contributed by atoms with Gasteiger partial charge >= 0.3 is 11.4 Å². The molecule has 0 unspecified atom stereocenters. The molecule has 19 heavy (non-hydrogen) atoms. The second-order valence-electron chi connectivity index (χ2n) is 3.04. The van der Waals surface area contributed by atoms with Gasteiger partial charge in [0.15, 0.2) is 23.3 Å². The Balaban J connectivity index is 3.24. The molecule has 0 aliphatic heterocycles. The van der Waals surface area contributed by atoms with Crippen LogP contribution in [0, 0.1) is 0 Å². The summed E-state index contributed by atoms with van der Waals surface area (Å²) >= 11 is -0.631. The summed E-state index contributed by atoms with van der Waals surface area (Å²) in [6.07, 6.45) is 0. The molecule has 0 saturated heterocycles. The lowest BCUT2D eigenvalue weighted by atomic mass is 10.4. The Hall–Kier alpha value is -2.24. The van der Waals surface area contributed by atoms with E-state index in [9.17, 15) is 18.0 Å². The number of hydrogen-bond donors (Lipinski definition) is 4. The summed E-state index contributed by atoms with van der Waals surface area (Å²) in [6.45, 7) is 0. The second-order valence-corrected chi connectivity index (χ2v) is 4.09. The number of nitrogens with zero attached hydrogens (tertiary/aromatic N) is 3. The molecule has 1 aromatic heterocycles. The molecule has 1 aromatic rings. The first-order chi connectivity index (χ1) is 8.60. The molecule has 0 aliphatic rings. The zero-order valence-corrected chi connectivity index (χ0v) is 9.92. The van der Waals surface area contributed by atoms with E-state index < -0.39 is 51.5 Å². The van der Waals surface area contributed by atoms with Gasteiger partial charge < -0.3 is 22.9 Å². The largest absolute Gasteiger partial charge is 0.447 e. The Morgan fingerprint density at radius 1 is 1.16 bits per heavy atom. The van der Waals surface area contributed by atoms with Gasteiger partial charge in [-0.15, -0.1) is 0 Å². The predicted molar refractivity (Wildman–Crippen MR) is 62.9 cm³/mol. The number of aromatic nitrogens is 2. The third-order valence-electron chi connectivity index (χ3n) is 1.56. The van der Waals surface area contributed by atoms with E-state index >= 15 is 0 Å². The first-order valence-corrected chi connectivity index (χ1v) is 5.24. The smallest absolute Gasteiger partial charge is 0.382 e. The van der Waals surface area contributed by atoms with Gasteiger partial charge in [0.25, 0.3) is 0 Å². The van der Waals surface area contributed by atoms with Crippen LogP contribution in [0.15, 0.2) is 10.0 Å². The van der Waals surface area contributed by atoms with Crippen molar-refractivity contribution in [3.05, 3.63) is 5.69 Å². The molecule has 8 nitrogen and oxygen atoms in total. The van der Waals surface area contributed by atoms with Crippen molar-refractivity contribution in [2.24, 2.45) is 16.5 Å². The van der Waals surface area contributed by atoms with E-state index in [1.54, 1.807) is 0 Å². The van der Waals surface area contributed by atoms with Crippen molar-refractivity contribution in [2.75, 3.05) is 11.5 Å². The summed E-state index contributed by atoms with van der Waals surface area (Å²) in [5.74, 6) is -2.73. The van der Waals surface area contributed by atoms with Crippen molar-refractivity contribution >= 4 is 35.3 Å². The van der Waals surface area contributed by atoms with Crippen LogP contribution in [0.2, 0.25) is 0 Å². The molecule has 0 saturated carbocycles. The quantitative estimate of drug-likeness (QED) is 0.327. The SMILES string of the molecule is NC(N)=NC(=O)c1nc(SC(F)(F)F)c(N)nc1N. The molecule has 0 radical (unpaired) electrons. The van der Waals surface area contributed by atoms with Crippen LogP contribution in [0.3, 0.4) is 0 Å². The lowest BCUT2D eigenvalue weighted by Gasteiger charge is -2.09. The van der Waals surface area contributed by atoms with Crippen molar-refractivity contribution in [1.82, 2.24) is 9.97 Å². The highest BCUT2D eigenvalue weighted by Gasteiger charge is 2.32. The topological polar surface area (TPSA) is 159 Å². The molecule has 8 N–H and O–H groups in total. The van der Waals surface area contributed by atoms with Crippen LogP contribution in [-0.2, 0) is 0 Å². The minimum absolute atomic E-state index is 0.473. The number of anilines is 2. The van der Waals surface area contributed by atoms with Gasteiger partial charge in [-0.2, -0.15) is 18.2 Å². The number of rotatable bonds is 2. The molecule has 0 fully saturated rings. The Bertz CT molecular complexity index is 540. The molecule has 0 bridgehead atoms. The molecule has 1 amide bonds. The van der Waals surface area contributed by atoms with E-state index in [-0.39, 0.29) is 0 Å². The zero-order chi connectivity index (χ0) is 14.8. The molecule has 0 aromatic carbocycles. The van der Waals surface area contributed by atoms with E-state index in [0.29, 0.717) is 0 Å². The van der Waals surface area contributed by atoms with Gasteiger partial charge in [-0.25, -0.2) is 9.97 Å². The maximum atomic E-state index is 12.2. The van der Waals surface area contributed by atoms with Crippen LogP contribution in [0.4, 0.5) is 24.8 Å². The molecule has 12 heteroatoms. The average Bonchev–Trinajstić information content (AvgIpc) is 2.19. The number of guanidine groups is 1. The van der Waals surface area contributed by atoms with Crippen LogP contribution < -0.4 is 22.9 Å². The molecule has 1 heterocycles. The van der Waals surface area contributed by atoms with Crippen molar-refractivity contribution in [1.29, 1.82) is 0 Å². The third-order valence-corrected chi connectivity index (χ3v) is 2.29. The van der Waals surface area contributed by atoms with Gasteiger partial charge in [-0.05, 0) is 0 Å². The average molecular weight is 295 g/mol. The molecule has 0 aliphatic carbocycles. The monoisotopic (exact) mass is 295 g/mol. The van der Waals surface area contributed by atoms with E-state index in [1.165, 1.54) is 0 Å². The predicted octanol–water partition coefficient (Wildman–Crippen LogP) is -0.333. The minimum atomic E-state index is -4.64. The number of hydrogen-bond acceptors (Lipinski definition) is 6. The first-order valence-electron chi connectivity index (χ1n) is 4.43. The van der Waals surface area contributed by atoms with Crippen LogP contribution in [-0.4, -0.2) is 27.3 Å². The fourth-order valence-corrected chi connectivity index (χ4v) is 1.47. The van der Waals surface area contributed by atoms with Crippen LogP contribution in [0.25, 0.3) is 0 Å². The first kappa shape index (κ1) is 14.8. The number of halogens is 3. The van der Waals surface area contributed by atoms with E-state index in [1.807, 2.05) is 0 Å². The second kappa shape index (κ2) is 5.17. The third kappa shape index (κ3) is 4.17. The maximum absolute atomic E-state index is 12.2. The highest BCUT2D eigenvalue weighted by molar-refractivity contribution is 8.00. The Morgan fingerprint density at radius 2 is 1.74 bits per heavy atom. The molecular weight excluding hydrogens is 287 g/mol. The normalized spacial score (nSPS) is 11.1. The Kier molecular flexibility index (Phi) is 4.04. The van der Waals surface area contributed by atoms with Gasteiger partial charge in [0, 0.05) is 11.8 Å². The molecule has 0 atom stereocenters. The fourth-order valence-electron chi connectivity index (χ4n) is 0.959. The lowest BCUT2D eigenvalue weighted by molar-refractivity contribution is -0.0329. The number of carbonyl (C=O) groups is 1. The summed E-state index contributed by atoms with van der Waals surface area (Å²) < 4.78 is 36.7. The van der Waals surface area contributed by atoms with E-state index in [0.717, 1.165) is 0 Å². The van der Waals surface area contributed by atoms with Crippen LogP contribution >= 0.6 is 11.8 Å². The number of nitrogen functional groups attached to an aromatic ring is 2. The molecule has 0 spiro atoms. The van der Waals surface area contributed by atoms with Gasteiger partial charge in [-0.1, -0.05) is 0 Å². The summed E-state index contributed by atoms with van der Waals surface area (Å²) in [5, 5.41) is -0.712. The lowest BCUT2D eigenvalue weighted by Crippen LogP contribution is -2.25. The highest BCUT2D eigenvalue weighted by Crippen LogP contribution is 2.38. The molecular formula is C7H8F3N7OS. The number of thioether (sulfide) groups is 1. The number of amides is 1. The van der Waals surface area contributed by atoms with Crippen molar-refractivity contribution < 1.29 is 18.0 Å². The summed E-state index contributed by atoms with van der Waals surface area (Å²) in [5.41, 5.74) is 15.2.